The molecule has 2 aromatic heterocycles. The van der Waals surface area contributed by atoms with E-state index in [2.05, 4.69) is 20.9 Å². The number of para-hydroxylation sites is 2. The van der Waals surface area contributed by atoms with Crippen molar-refractivity contribution in [2.45, 2.75) is 18.2 Å². The van der Waals surface area contributed by atoms with Crippen molar-refractivity contribution in [2.75, 3.05) is 0 Å². The molecule has 0 radical (unpaired) electrons. The Kier molecular flexibility index (Phi) is 2.96. The molecule has 0 aliphatic rings. The van der Waals surface area contributed by atoms with Gasteiger partial charge in [-0.1, -0.05) is 28.1 Å². The second-order valence-electron chi connectivity index (χ2n) is 4.18. The third-order valence-corrected chi connectivity index (χ3v) is 3.75. The van der Waals surface area contributed by atoms with Gasteiger partial charge in [0.1, 0.15) is 11.3 Å². The largest absolute Gasteiger partial charge is 0.469 e. The molecule has 0 fully saturated rings. The molecule has 0 aliphatic heterocycles. The van der Waals surface area contributed by atoms with Crippen molar-refractivity contribution < 1.29 is 8.83 Å². The zero-order valence-electron chi connectivity index (χ0n) is 9.89. The van der Waals surface area contributed by atoms with Crippen molar-refractivity contribution in [1.82, 2.24) is 4.98 Å². The number of alkyl halides is 1. The third-order valence-electron chi connectivity index (χ3n) is 2.93. The minimum absolute atomic E-state index is 0.157. The number of halogens is 1. The van der Waals surface area contributed by atoms with E-state index in [0.717, 1.165) is 28.3 Å². The van der Waals surface area contributed by atoms with Crippen LogP contribution in [0.4, 0.5) is 0 Å². The van der Waals surface area contributed by atoms with Crippen LogP contribution in [0.3, 0.4) is 0 Å². The number of hydrogen-bond donors (Lipinski definition) is 0. The summed E-state index contributed by atoms with van der Waals surface area (Å²) in [6.07, 6.45) is 2.40. The molecule has 0 spiro atoms. The van der Waals surface area contributed by atoms with Gasteiger partial charge in [0.2, 0.25) is 0 Å². The summed E-state index contributed by atoms with van der Waals surface area (Å²) in [6, 6.07) is 9.76. The van der Waals surface area contributed by atoms with Gasteiger partial charge in [0.05, 0.1) is 11.1 Å². The molecular weight excluding hydrogens is 294 g/mol. The second-order valence-corrected chi connectivity index (χ2v) is 5.28. The van der Waals surface area contributed by atoms with E-state index in [9.17, 15) is 0 Å². The second kappa shape index (κ2) is 4.61. The van der Waals surface area contributed by atoms with Crippen molar-refractivity contribution in [2.24, 2.45) is 0 Å². The summed E-state index contributed by atoms with van der Waals surface area (Å²) in [4.78, 5) is 4.62. The average Bonchev–Trinajstić information content (AvgIpc) is 2.94. The van der Waals surface area contributed by atoms with Gasteiger partial charge in [0, 0.05) is 12.0 Å². The zero-order valence-corrected chi connectivity index (χ0v) is 11.5. The molecule has 3 rings (SSSR count). The van der Waals surface area contributed by atoms with Crippen LogP contribution in [0, 0.1) is 6.92 Å². The summed E-state index contributed by atoms with van der Waals surface area (Å²) >= 11 is 3.65. The normalized spacial score (nSPS) is 13.0. The highest BCUT2D eigenvalue weighted by atomic mass is 79.9. The van der Waals surface area contributed by atoms with E-state index in [-0.39, 0.29) is 4.83 Å². The van der Waals surface area contributed by atoms with Gasteiger partial charge in [0.15, 0.2) is 11.5 Å². The Morgan fingerprint density at radius 2 is 2.11 bits per heavy atom. The first kappa shape index (κ1) is 11.5. The molecule has 4 heteroatoms. The molecule has 0 saturated carbocycles. The third kappa shape index (κ3) is 2.08. The monoisotopic (exact) mass is 305 g/mol. The number of nitrogens with zero attached hydrogens (tertiary/aromatic N) is 1. The van der Waals surface area contributed by atoms with Gasteiger partial charge < -0.3 is 8.83 Å². The SMILES string of the molecule is Cc1occc1C(Br)Cc1nc2ccccc2o1. The first-order chi connectivity index (χ1) is 8.74. The quantitative estimate of drug-likeness (QED) is 0.673. The lowest BCUT2D eigenvalue weighted by Crippen LogP contribution is -1.95. The van der Waals surface area contributed by atoms with Gasteiger partial charge in [-0.2, -0.15) is 0 Å². The number of fused-ring (bicyclic) bond motifs is 1. The van der Waals surface area contributed by atoms with Gasteiger partial charge in [-0.25, -0.2) is 4.98 Å². The van der Waals surface area contributed by atoms with E-state index in [0.29, 0.717) is 6.42 Å². The molecule has 1 aromatic carbocycles. The van der Waals surface area contributed by atoms with E-state index >= 15 is 0 Å². The first-order valence-electron chi connectivity index (χ1n) is 5.76. The molecule has 18 heavy (non-hydrogen) atoms. The highest BCUT2D eigenvalue weighted by molar-refractivity contribution is 9.09. The van der Waals surface area contributed by atoms with Gasteiger partial charge in [0.25, 0.3) is 0 Å². The van der Waals surface area contributed by atoms with Crippen LogP contribution in [0.15, 0.2) is 45.4 Å². The van der Waals surface area contributed by atoms with E-state index in [4.69, 9.17) is 8.83 Å². The summed E-state index contributed by atoms with van der Waals surface area (Å²) in [5, 5.41) is 0. The van der Waals surface area contributed by atoms with Crippen LogP contribution in [-0.4, -0.2) is 4.98 Å². The topological polar surface area (TPSA) is 39.2 Å². The van der Waals surface area contributed by atoms with Crippen LogP contribution >= 0.6 is 15.9 Å². The van der Waals surface area contributed by atoms with Crippen molar-refractivity contribution >= 4 is 27.0 Å². The van der Waals surface area contributed by atoms with Gasteiger partial charge in [-0.3, -0.25) is 0 Å². The summed E-state index contributed by atoms with van der Waals surface area (Å²) < 4.78 is 11.0. The molecule has 0 N–H and O–H groups in total. The highest BCUT2D eigenvalue weighted by Crippen LogP contribution is 2.30. The summed E-state index contributed by atoms with van der Waals surface area (Å²) in [5.74, 6) is 1.66. The molecule has 3 nitrogen and oxygen atoms in total. The smallest absolute Gasteiger partial charge is 0.196 e. The number of aryl methyl sites for hydroxylation is 1. The Balaban J connectivity index is 1.86. The number of furan rings is 1. The zero-order chi connectivity index (χ0) is 12.5. The van der Waals surface area contributed by atoms with Crippen LogP contribution in [0.25, 0.3) is 11.1 Å². The molecule has 0 aliphatic carbocycles. The molecule has 0 saturated heterocycles. The lowest BCUT2D eigenvalue weighted by atomic mass is 10.1. The number of aromatic nitrogens is 1. The Labute approximate surface area is 113 Å². The molecule has 0 amide bonds. The summed E-state index contributed by atoms with van der Waals surface area (Å²) in [7, 11) is 0. The predicted octanol–water partition coefficient (Wildman–Crippen LogP) is 4.41. The Bertz CT molecular complexity index is 638. The Morgan fingerprint density at radius 3 is 2.83 bits per heavy atom. The van der Waals surface area contributed by atoms with E-state index in [1.165, 1.54) is 0 Å². The van der Waals surface area contributed by atoms with Gasteiger partial charge in [-0.15, -0.1) is 0 Å². The molecule has 0 bridgehead atoms. The standard InChI is InChI=1S/C14H12BrNO2/c1-9-10(6-7-17-9)11(15)8-14-16-12-4-2-3-5-13(12)18-14/h2-7,11H,8H2,1H3. The van der Waals surface area contributed by atoms with E-state index in [1.54, 1.807) is 6.26 Å². The molecular formula is C14H12BrNO2. The van der Waals surface area contributed by atoms with E-state index in [1.807, 2.05) is 37.3 Å². The predicted molar refractivity (Wildman–Crippen MR) is 72.8 cm³/mol. The summed E-state index contributed by atoms with van der Waals surface area (Å²) in [6.45, 7) is 1.95. The maximum Gasteiger partial charge on any atom is 0.196 e. The van der Waals surface area contributed by atoms with Crippen molar-refractivity contribution in [3.8, 4) is 0 Å². The fourth-order valence-electron chi connectivity index (χ4n) is 1.99. The minimum Gasteiger partial charge on any atom is -0.469 e. The lowest BCUT2D eigenvalue weighted by molar-refractivity contribution is 0.516. The minimum atomic E-state index is 0.157. The summed E-state index contributed by atoms with van der Waals surface area (Å²) in [5.41, 5.74) is 2.87. The number of benzene rings is 1. The van der Waals surface area contributed by atoms with Crippen LogP contribution in [-0.2, 0) is 6.42 Å². The van der Waals surface area contributed by atoms with Crippen molar-refractivity contribution in [3.63, 3.8) is 0 Å². The van der Waals surface area contributed by atoms with E-state index < -0.39 is 0 Å². The van der Waals surface area contributed by atoms with Crippen LogP contribution in [0.5, 0.6) is 0 Å². The molecule has 1 atom stereocenters. The Morgan fingerprint density at radius 1 is 1.28 bits per heavy atom. The fourth-order valence-corrected chi connectivity index (χ4v) is 2.74. The highest BCUT2D eigenvalue weighted by Gasteiger charge is 2.16. The maximum atomic E-state index is 5.70. The molecule has 92 valence electrons. The van der Waals surface area contributed by atoms with Crippen LogP contribution in [0.2, 0.25) is 0 Å². The number of oxazole rings is 1. The van der Waals surface area contributed by atoms with Crippen LogP contribution in [0.1, 0.15) is 22.0 Å². The molecule has 1 unspecified atom stereocenters. The van der Waals surface area contributed by atoms with Crippen molar-refractivity contribution in [1.29, 1.82) is 0 Å². The average molecular weight is 306 g/mol. The van der Waals surface area contributed by atoms with Gasteiger partial charge >= 0.3 is 0 Å². The van der Waals surface area contributed by atoms with Gasteiger partial charge in [-0.05, 0) is 25.1 Å². The molecule has 2 heterocycles. The van der Waals surface area contributed by atoms with Crippen LogP contribution < -0.4 is 0 Å². The number of hydrogen-bond acceptors (Lipinski definition) is 3. The number of rotatable bonds is 3. The fraction of sp³-hybridized carbons (Fsp3) is 0.214. The molecule has 3 aromatic rings. The Hall–Kier alpha value is -1.55. The first-order valence-corrected chi connectivity index (χ1v) is 6.68. The van der Waals surface area contributed by atoms with Crippen molar-refractivity contribution in [3.05, 3.63) is 53.8 Å². The maximum absolute atomic E-state index is 5.70. The lowest BCUT2D eigenvalue weighted by Gasteiger charge is -2.05.